The summed E-state index contributed by atoms with van der Waals surface area (Å²) < 4.78 is 5.72. The van der Waals surface area contributed by atoms with Crippen molar-refractivity contribution < 1.29 is 9.53 Å². The summed E-state index contributed by atoms with van der Waals surface area (Å²) in [6, 6.07) is 3.90. The predicted octanol–water partition coefficient (Wildman–Crippen LogP) is 2.38. The molecule has 0 fully saturated rings. The first kappa shape index (κ1) is 16.4. The van der Waals surface area contributed by atoms with Crippen molar-refractivity contribution in [1.29, 1.82) is 0 Å². The molecule has 0 spiro atoms. The third kappa shape index (κ3) is 6.92. The van der Waals surface area contributed by atoms with Gasteiger partial charge in [-0.25, -0.2) is 0 Å². The molecule has 0 unspecified atom stereocenters. The molecule has 19 heavy (non-hydrogen) atoms. The van der Waals surface area contributed by atoms with Gasteiger partial charge < -0.3 is 10.1 Å². The quantitative estimate of drug-likeness (QED) is 0.712. The van der Waals surface area contributed by atoms with Gasteiger partial charge in [0, 0.05) is 31.7 Å². The maximum Gasteiger partial charge on any atom is 0.234 e. The van der Waals surface area contributed by atoms with Gasteiger partial charge in [0.25, 0.3) is 0 Å². The highest BCUT2D eigenvalue weighted by Gasteiger charge is 2.10. The van der Waals surface area contributed by atoms with Crippen LogP contribution in [-0.4, -0.2) is 44.2 Å². The van der Waals surface area contributed by atoms with Gasteiger partial charge in [0.1, 0.15) is 0 Å². The number of amides is 1. The van der Waals surface area contributed by atoms with Gasteiger partial charge >= 0.3 is 0 Å². The zero-order chi connectivity index (χ0) is 14.1. The Morgan fingerprint density at radius 2 is 2.32 bits per heavy atom. The molecule has 0 bridgehead atoms. The normalized spacial score (nSPS) is 10.9. The van der Waals surface area contributed by atoms with Gasteiger partial charge in [-0.2, -0.15) is 0 Å². The second-order valence-corrected chi connectivity index (χ2v) is 6.01. The highest BCUT2D eigenvalue weighted by molar-refractivity contribution is 7.16. The molecule has 4 nitrogen and oxygen atoms in total. The van der Waals surface area contributed by atoms with E-state index in [2.05, 4.69) is 10.2 Å². The number of nitrogens with one attached hydrogen (secondary N) is 1. The molecule has 0 atom stereocenters. The molecule has 0 aliphatic carbocycles. The number of carbonyl (C=O) groups is 1. The number of methoxy groups -OCH3 is 1. The van der Waals surface area contributed by atoms with Gasteiger partial charge in [-0.3, -0.25) is 9.69 Å². The van der Waals surface area contributed by atoms with Gasteiger partial charge in [0.15, 0.2) is 0 Å². The van der Waals surface area contributed by atoms with Gasteiger partial charge in [0.2, 0.25) is 5.91 Å². The zero-order valence-corrected chi connectivity index (χ0v) is 13.0. The zero-order valence-electron chi connectivity index (χ0n) is 11.4. The number of carbonyl (C=O) groups excluding carboxylic acids is 1. The Labute approximate surface area is 123 Å². The molecule has 6 heteroatoms. The fourth-order valence-electron chi connectivity index (χ4n) is 1.64. The number of hydrogen-bond donors (Lipinski definition) is 1. The lowest BCUT2D eigenvalue weighted by molar-refractivity contribution is -0.122. The third-order valence-corrected chi connectivity index (χ3v) is 3.89. The van der Waals surface area contributed by atoms with Crippen LogP contribution in [-0.2, 0) is 16.1 Å². The van der Waals surface area contributed by atoms with Crippen LogP contribution in [0.3, 0.4) is 0 Å². The Bertz CT molecular complexity index is 384. The number of likely N-dealkylation sites (N-methyl/N-ethyl adjacent to an activating group) is 1. The average molecular weight is 305 g/mol. The van der Waals surface area contributed by atoms with Crippen LogP contribution in [0.1, 0.15) is 18.2 Å². The lowest BCUT2D eigenvalue weighted by Gasteiger charge is -2.18. The number of nitrogens with zero attached hydrogens (tertiary/aromatic N) is 1. The smallest absolute Gasteiger partial charge is 0.234 e. The highest BCUT2D eigenvalue weighted by atomic mass is 35.5. The van der Waals surface area contributed by atoms with Crippen LogP contribution in [0.25, 0.3) is 0 Å². The van der Waals surface area contributed by atoms with Crippen molar-refractivity contribution >= 4 is 28.8 Å². The van der Waals surface area contributed by atoms with Crippen molar-refractivity contribution in [2.24, 2.45) is 0 Å². The van der Waals surface area contributed by atoms with E-state index < -0.39 is 0 Å². The van der Waals surface area contributed by atoms with Gasteiger partial charge in [0.05, 0.1) is 10.9 Å². The number of rotatable bonds is 9. The number of ether oxygens (including phenoxy) is 1. The first-order chi connectivity index (χ1) is 9.15. The van der Waals surface area contributed by atoms with E-state index in [1.54, 1.807) is 18.4 Å². The fourth-order valence-corrected chi connectivity index (χ4v) is 2.77. The molecule has 1 N–H and O–H groups in total. The van der Waals surface area contributed by atoms with Crippen molar-refractivity contribution in [3.8, 4) is 0 Å². The van der Waals surface area contributed by atoms with E-state index in [-0.39, 0.29) is 5.91 Å². The summed E-state index contributed by atoms with van der Waals surface area (Å²) in [6.45, 7) is 5.40. The van der Waals surface area contributed by atoms with E-state index in [4.69, 9.17) is 16.3 Å². The predicted molar refractivity (Wildman–Crippen MR) is 79.8 cm³/mol. The van der Waals surface area contributed by atoms with Crippen LogP contribution >= 0.6 is 22.9 Å². The minimum absolute atomic E-state index is 0.0561. The van der Waals surface area contributed by atoms with Crippen LogP contribution in [0.4, 0.5) is 0 Å². The summed E-state index contributed by atoms with van der Waals surface area (Å²) in [5.41, 5.74) is 0. The topological polar surface area (TPSA) is 41.6 Å². The van der Waals surface area contributed by atoms with E-state index in [1.165, 1.54) is 4.88 Å². The molecule has 1 aromatic rings. The van der Waals surface area contributed by atoms with E-state index in [9.17, 15) is 4.79 Å². The van der Waals surface area contributed by atoms with Crippen molar-refractivity contribution in [3.05, 3.63) is 21.3 Å². The molecule has 1 heterocycles. The number of thiophene rings is 1. The maximum absolute atomic E-state index is 11.8. The second kappa shape index (κ2) is 9.31. The monoisotopic (exact) mass is 304 g/mol. The molecule has 1 rings (SSSR count). The minimum Gasteiger partial charge on any atom is -0.385 e. The largest absolute Gasteiger partial charge is 0.385 e. The molecule has 108 valence electrons. The third-order valence-electron chi connectivity index (χ3n) is 2.67. The van der Waals surface area contributed by atoms with Crippen LogP contribution < -0.4 is 5.32 Å². The first-order valence-corrected chi connectivity index (χ1v) is 7.57. The number of halogens is 1. The SMILES string of the molecule is CCN(CC(=O)NCCCOC)Cc1ccc(Cl)s1. The second-order valence-electron chi connectivity index (χ2n) is 4.21. The lowest BCUT2D eigenvalue weighted by atomic mass is 10.3. The van der Waals surface area contributed by atoms with E-state index in [0.29, 0.717) is 19.7 Å². The van der Waals surface area contributed by atoms with Crippen molar-refractivity contribution in [2.45, 2.75) is 19.9 Å². The summed E-state index contributed by atoms with van der Waals surface area (Å²) >= 11 is 7.46. The van der Waals surface area contributed by atoms with Crippen LogP contribution in [0.15, 0.2) is 12.1 Å². The maximum atomic E-state index is 11.8. The van der Waals surface area contributed by atoms with Crippen molar-refractivity contribution in [2.75, 3.05) is 33.4 Å². The van der Waals surface area contributed by atoms with Crippen molar-refractivity contribution in [1.82, 2.24) is 10.2 Å². The Morgan fingerprint density at radius 3 is 2.89 bits per heavy atom. The van der Waals surface area contributed by atoms with E-state index in [0.717, 1.165) is 23.8 Å². The molecule has 0 saturated carbocycles. The summed E-state index contributed by atoms with van der Waals surface area (Å²) in [4.78, 5) is 15.0. The van der Waals surface area contributed by atoms with Gasteiger partial charge in [-0.15, -0.1) is 11.3 Å². The molecule has 0 aromatic carbocycles. The molecule has 0 radical (unpaired) electrons. The molecule has 0 aliphatic rings. The fraction of sp³-hybridized carbons (Fsp3) is 0.615. The summed E-state index contributed by atoms with van der Waals surface area (Å²) in [5, 5.41) is 2.89. The Morgan fingerprint density at radius 1 is 1.53 bits per heavy atom. The summed E-state index contributed by atoms with van der Waals surface area (Å²) in [7, 11) is 1.66. The van der Waals surface area contributed by atoms with Gasteiger partial charge in [-0.05, 0) is 25.1 Å². The molecular weight excluding hydrogens is 284 g/mol. The molecule has 1 aromatic heterocycles. The molecule has 1 amide bonds. The van der Waals surface area contributed by atoms with Gasteiger partial charge in [-0.1, -0.05) is 18.5 Å². The number of hydrogen-bond acceptors (Lipinski definition) is 4. The lowest BCUT2D eigenvalue weighted by Crippen LogP contribution is -2.37. The first-order valence-electron chi connectivity index (χ1n) is 6.38. The van der Waals surface area contributed by atoms with Crippen LogP contribution in [0, 0.1) is 0 Å². The van der Waals surface area contributed by atoms with E-state index >= 15 is 0 Å². The Kier molecular flexibility index (Phi) is 8.05. The summed E-state index contributed by atoms with van der Waals surface area (Å²) in [6.07, 6.45) is 0.842. The van der Waals surface area contributed by atoms with E-state index in [1.807, 2.05) is 19.1 Å². The highest BCUT2D eigenvalue weighted by Crippen LogP contribution is 2.22. The van der Waals surface area contributed by atoms with Crippen LogP contribution in [0.5, 0.6) is 0 Å². The Hall–Kier alpha value is -0.620. The average Bonchev–Trinajstić information content (AvgIpc) is 2.79. The van der Waals surface area contributed by atoms with Crippen LogP contribution in [0.2, 0.25) is 4.34 Å². The van der Waals surface area contributed by atoms with Crippen molar-refractivity contribution in [3.63, 3.8) is 0 Å². The Balaban J connectivity index is 2.29. The minimum atomic E-state index is 0.0561. The molecular formula is C13H21ClN2O2S. The standard InChI is InChI=1S/C13H21ClN2O2S/c1-3-16(9-11-5-6-12(14)19-11)10-13(17)15-7-4-8-18-2/h5-6H,3-4,7-10H2,1-2H3,(H,15,17). The summed E-state index contributed by atoms with van der Waals surface area (Å²) in [5.74, 6) is 0.0561. The molecule has 0 saturated heterocycles. The molecule has 0 aliphatic heterocycles.